The lowest BCUT2D eigenvalue weighted by molar-refractivity contribution is -0.111. The van der Waals surface area contributed by atoms with E-state index in [1.807, 2.05) is 39.3 Å². The second-order valence-corrected chi connectivity index (χ2v) is 10.7. The van der Waals surface area contributed by atoms with Crippen LogP contribution in [0.15, 0.2) is 61.3 Å². The number of amides is 1. The van der Waals surface area contributed by atoms with Crippen LogP contribution in [0.2, 0.25) is 0 Å². The van der Waals surface area contributed by atoms with E-state index in [1.54, 1.807) is 20.4 Å². The number of ether oxygens (including phenoxy) is 2. The number of rotatable bonds is 11. The maximum atomic E-state index is 12.3. The van der Waals surface area contributed by atoms with Crippen LogP contribution in [0.25, 0.3) is 22.2 Å². The highest BCUT2D eigenvalue weighted by Crippen LogP contribution is 2.40. The van der Waals surface area contributed by atoms with Gasteiger partial charge in [0.15, 0.2) is 0 Å². The number of anilines is 4. The lowest BCUT2D eigenvalue weighted by Gasteiger charge is -2.26. The number of hydrogen-bond donors (Lipinski definition) is 2. The highest BCUT2D eigenvalue weighted by atomic mass is 16.5. The molecule has 0 saturated carbocycles. The maximum Gasteiger partial charge on any atom is 0.247 e. The molecule has 5 rings (SSSR count). The lowest BCUT2D eigenvalue weighted by atomic mass is 10.0. The summed E-state index contributed by atoms with van der Waals surface area (Å²) >= 11 is 0. The summed E-state index contributed by atoms with van der Waals surface area (Å²) in [5.41, 5.74) is 6.47. The van der Waals surface area contributed by atoms with Gasteiger partial charge in [0.1, 0.15) is 5.75 Å². The first-order valence-corrected chi connectivity index (χ1v) is 14.1. The molecule has 10 nitrogen and oxygen atoms in total. The number of carbonyl (C=O) groups is 1. The minimum Gasteiger partial charge on any atom is -0.494 e. The average molecular weight is 570 g/mol. The Labute approximate surface area is 247 Å². The van der Waals surface area contributed by atoms with Crippen LogP contribution in [-0.4, -0.2) is 79.9 Å². The lowest BCUT2D eigenvalue weighted by Crippen LogP contribution is -2.29. The molecule has 3 heterocycles. The van der Waals surface area contributed by atoms with Crippen LogP contribution in [0.3, 0.4) is 0 Å². The van der Waals surface area contributed by atoms with Crippen molar-refractivity contribution in [1.82, 2.24) is 19.4 Å². The Hall–Kier alpha value is -4.41. The first kappa shape index (κ1) is 29.1. The molecule has 1 atom stereocenters. The van der Waals surface area contributed by atoms with Gasteiger partial charge < -0.3 is 34.5 Å². The molecule has 10 heteroatoms. The van der Waals surface area contributed by atoms with Gasteiger partial charge in [-0.25, -0.2) is 9.97 Å². The summed E-state index contributed by atoms with van der Waals surface area (Å²) < 4.78 is 13.8. The Balaban J connectivity index is 1.53. The van der Waals surface area contributed by atoms with Gasteiger partial charge in [0.05, 0.1) is 36.0 Å². The molecule has 1 aliphatic heterocycles. The summed E-state index contributed by atoms with van der Waals surface area (Å²) in [6.07, 6.45) is 5.07. The molecule has 1 amide bonds. The van der Waals surface area contributed by atoms with Gasteiger partial charge >= 0.3 is 0 Å². The smallest absolute Gasteiger partial charge is 0.247 e. The second-order valence-electron chi connectivity index (χ2n) is 10.7. The zero-order valence-electron chi connectivity index (χ0n) is 25.0. The molecule has 2 aromatic carbocycles. The fraction of sp³-hybridized carbons (Fsp3) is 0.344. The molecular weight excluding hydrogens is 530 g/mol. The van der Waals surface area contributed by atoms with Gasteiger partial charge in [-0.2, -0.15) is 0 Å². The molecule has 0 radical (unpaired) electrons. The number of benzene rings is 2. The third kappa shape index (κ3) is 5.95. The summed E-state index contributed by atoms with van der Waals surface area (Å²) in [5, 5.41) is 7.44. The number of para-hydroxylation sites is 1. The van der Waals surface area contributed by atoms with E-state index in [9.17, 15) is 4.79 Å². The average Bonchev–Trinajstić information content (AvgIpc) is 3.33. The third-order valence-electron chi connectivity index (χ3n) is 7.71. The summed E-state index contributed by atoms with van der Waals surface area (Å²) in [6.45, 7) is 6.02. The quantitative estimate of drug-likeness (QED) is 0.246. The summed E-state index contributed by atoms with van der Waals surface area (Å²) in [6, 6.07) is 14.1. The predicted octanol–water partition coefficient (Wildman–Crippen LogP) is 4.93. The van der Waals surface area contributed by atoms with Crippen molar-refractivity contribution >= 4 is 39.8 Å². The molecule has 42 heavy (non-hydrogen) atoms. The fourth-order valence-electron chi connectivity index (χ4n) is 5.48. The van der Waals surface area contributed by atoms with E-state index in [0.717, 1.165) is 54.8 Å². The van der Waals surface area contributed by atoms with E-state index < -0.39 is 0 Å². The minimum atomic E-state index is -0.298. The number of likely N-dealkylation sites (N-methyl/N-ethyl adjacent to an activating group) is 2. The van der Waals surface area contributed by atoms with Crippen LogP contribution < -0.4 is 20.3 Å². The van der Waals surface area contributed by atoms with Crippen LogP contribution in [0.4, 0.5) is 23.0 Å². The number of nitrogens with zero attached hydrogens (tertiary/aromatic N) is 5. The Morgan fingerprint density at radius 3 is 2.69 bits per heavy atom. The maximum absolute atomic E-state index is 12.3. The van der Waals surface area contributed by atoms with E-state index >= 15 is 0 Å². The highest BCUT2D eigenvalue weighted by molar-refractivity contribution is 6.02. The molecular formula is C32H39N7O3. The number of nitrogens with one attached hydrogen (secondary N) is 2. The van der Waals surface area contributed by atoms with E-state index in [-0.39, 0.29) is 12.0 Å². The van der Waals surface area contributed by atoms with Gasteiger partial charge in [0, 0.05) is 68.2 Å². The molecule has 1 unspecified atom stereocenters. The topological polar surface area (TPSA) is 96.8 Å². The van der Waals surface area contributed by atoms with Crippen molar-refractivity contribution in [2.24, 2.45) is 0 Å². The van der Waals surface area contributed by atoms with Crippen LogP contribution in [0, 0.1) is 0 Å². The summed E-state index contributed by atoms with van der Waals surface area (Å²) in [5.74, 6) is 0.729. The molecule has 220 valence electrons. The Morgan fingerprint density at radius 1 is 1.14 bits per heavy atom. The monoisotopic (exact) mass is 569 g/mol. The number of aromatic nitrogens is 3. The summed E-state index contributed by atoms with van der Waals surface area (Å²) in [7, 11) is 9.44. The Morgan fingerprint density at radius 2 is 1.95 bits per heavy atom. The molecule has 2 N–H and O–H groups in total. The van der Waals surface area contributed by atoms with Crippen LogP contribution >= 0.6 is 0 Å². The van der Waals surface area contributed by atoms with Gasteiger partial charge in [-0.1, -0.05) is 24.8 Å². The van der Waals surface area contributed by atoms with E-state index in [1.165, 1.54) is 17.3 Å². The number of hydrogen-bond acceptors (Lipinski definition) is 8. The van der Waals surface area contributed by atoms with Gasteiger partial charge in [0.2, 0.25) is 11.9 Å². The van der Waals surface area contributed by atoms with Crippen molar-refractivity contribution in [1.29, 1.82) is 0 Å². The molecule has 0 saturated heterocycles. The number of carbonyl (C=O) groups excluding carboxylic acids is 1. The molecule has 0 aliphatic carbocycles. The Bertz CT molecular complexity index is 1600. The summed E-state index contributed by atoms with van der Waals surface area (Å²) in [4.78, 5) is 26.0. The van der Waals surface area contributed by atoms with Crippen LogP contribution in [0.1, 0.15) is 12.1 Å². The van der Waals surface area contributed by atoms with Gasteiger partial charge in [-0.3, -0.25) is 4.79 Å². The van der Waals surface area contributed by atoms with Crippen LogP contribution in [-0.2, 0) is 22.5 Å². The molecule has 2 aromatic heterocycles. The molecule has 4 aromatic rings. The first-order chi connectivity index (χ1) is 20.3. The standard InChI is InChI=1S/C32H39N7O3/c1-7-30(40)34-24-18-25(29(42-6)19-28(24)38(4)17-16-37(2)3)36-32-33-15-14-23(35-32)31-22-10-8-9-11-26(22)39-20-21(41-5)12-13-27(31)39/h7-11,14-15,18-19,21H,1,12-13,16-17,20H2,2-6H3,(H,34,40)(H,33,35,36). The fourth-order valence-corrected chi connectivity index (χ4v) is 5.48. The Kier molecular flexibility index (Phi) is 8.75. The van der Waals surface area contributed by atoms with Crippen LogP contribution in [0.5, 0.6) is 5.75 Å². The first-order valence-electron chi connectivity index (χ1n) is 14.1. The van der Waals surface area contributed by atoms with Crippen molar-refractivity contribution in [2.45, 2.75) is 25.5 Å². The van der Waals surface area contributed by atoms with Crippen molar-refractivity contribution in [3.8, 4) is 17.0 Å². The zero-order chi connectivity index (χ0) is 29.8. The van der Waals surface area contributed by atoms with E-state index in [4.69, 9.17) is 14.5 Å². The SMILES string of the molecule is C=CC(=O)Nc1cc(Nc2nccc(-c3c4n(c5ccccc35)CC(OC)CC4)n2)c(OC)cc1N(C)CCN(C)C. The molecule has 0 spiro atoms. The largest absolute Gasteiger partial charge is 0.494 e. The molecule has 0 fully saturated rings. The predicted molar refractivity (Wildman–Crippen MR) is 169 cm³/mol. The normalized spacial score (nSPS) is 14.5. The van der Waals surface area contributed by atoms with Gasteiger partial charge in [-0.05, 0) is 51.2 Å². The minimum absolute atomic E-state index is 0.192. The van der Waals surface area contributed by atoms with Crippen molar-refractivity contribution < 1.29 is 14.3 Å². The second kappa shape index (κ2) is 12.6. The van der Waals surface area contributed by atoms with E-state index in [2.05, 4.69) is 60.8 Å². The van der Waals surface area contributed by atoms with Gasteiger partial charge in [0.25, 0.3) is 0 Å². The van der Waals surface area contributed by atoms with Crippen molar-refractivity contribution in [3.63, 3.8) is 0 Å². The number of methoxy groups -OCH3 is 2. The molecule has 1 aliphatic rings. The molecule has 0 bridgehead atoms. The van der Waals surface area contributed by atoms with E-state index in [0.29, 0.717) is 23.1 Å². The van der Waals surface area contributed by atoms with Crippen molar-refractivity contribution in [2.75, 3.05) is 64.0 Å². The van der Waals surface area contributed by atoms with Crippen molar-refractivity contribution in [3.05, 3.63) is 67.0 Å². The zero-order valence-corrected chi connectivity index (χ0v) is 25.0. The number of fused-ring (bicyclic) bond motifs is 3. The third-order valence-corrected chi connectivity index (χ3v) is 7.71. The van der Waals surface area contributed by atoms with Gasteiger partial charge in [-0.15, -0.1) is 0 Å². The highest BCUT2D eigenvalue weighted by Gasteiger charge is 2.26.